The number of carbonyl (C=O) groups is 4. The number of aliphatic carboxylic acids is 1. The lowest BCUT2D eigenvalue weighted by molar-refractivity contribution is -0.271. The summed E-state index contributed by atoms with van der Waals surface area (Å²) < 4.78 is 26.5. The number of benzene rings is 1. The predicted octanol–water partition coefficient (Wildman–Crippen LogP) is 0.981. The Hall–Kier alpha value is -6.39. The lowest BCUT2D eigenvalue weighted by atomic mass is 9.99. The van der Waals surface area contributed by atoms with E-state index in [2.05, 4.69) is 29.5 Å². The van der Waals surface area contributed by atoms with E-state index < -0.39 is 42.8 Å². The summed E-state index contributed by atoms with van der Waals surface area (Å²) in [5.41, 5.74) is 0.756. The van der Waals surface area contributed by atoms with Gasteiger partial charge < -0.3 is 59.0 Å². The topological polar surface area (TPSA) is 291 Å². The van der Waals surface area contributed by atoms with Gasteiger partial charge in [-0.1, -0.05) is 6.07 Å². The van der Waals surface area contributed by atoms with E-state index in [1.165, 1.54) is 53.1 Å². The first-order valence-corrected chi connectivity index (χ1v) is 20.2. The number of nitrogens with zero attached hydrogens (tertiary/aromatic N) is 10. The summed E-state index contributed by atoms with van der Waals surface area (Å²) in [6.07, 6.45) is -5.14. The number of hydrogen-bond donors (Lipinski definition) is 5. The van der Waals surface area contributed by atoms with Crippen LogP contribution in [0.2, 0.25) is 0 Å². The summed E-state index contributed by atoms with van der Waals surface area (Å²) in [7, 11) is 6.55. The van der Waals surface area contributed by atoms with Crippen LogP contribution in [0.1, 0.15) is 24.0 Å². The SMILES string of the molecule is COc1nsc(NC(=O)N2C[C@H]3CC(N(C)c4ncnc5c4ccn5C(=O)N(C)CCN(C)C(=O)OCc4ccc(O[C@@H]5O[C@H](C(=O)O)[C@@H](O)[C@H](O)[C@H]5O)c(C#N)c4)C[C@H]3C2)n1. The number of likely N-dealkylation sites (N-methyl/N-ethyl adjacent to an activating group) is 2. The van der Waals surface area contributed by atoms with Gasteiger partial charge in [-0.2, -0.15) is 10.2 Å². The molecular weight excluding hydrogens is 835 g/mol. The molecule has 1 aliphatic carbocycles. The second-order valence-electron chi connectivity index (χ2n) is 15.3. The van der Waals surface area contributed by atoms with Gasteiger partial charge in [0.25, 0.3) is 0 Å². The van der Waals surface area contributed by atoms with Gasteiger partial charge >= 0.3 is 30.1 Å². The molecule has 4 amide bonds. The number of aliphatic hydroxyl groups is 3. The average Bonchev–Trinajstić information content (AvgIpc) is 4.08. The zero-order chi connectivity index (χ0) is 44.4. The number of ether oxygens (including phenoxy) is 4. The number of aliphatic hydroxyl groups excluding tert-OH is 3. The molecule has 8 atom stereocenters. The number of aromatic nitrogens is 5. The minimum atomic E-state index is -1.91. The number of amides is 4. The highest BCUT2D eigenvalue weighted by Crippen LogP contribution is 2.42. The number of carbonyl (C=O) groups excluding carboxylic acids is 3. The van der Waals surface area contributed by atoms with Gasteiger partial charge in [0.15, 0.2) is 11.8 Å². The van der Waals surface area contributed by atoms with Crippen LogP contribution >= 0.6 is 11.5 Å². The van der Waals surface area contributed by atoms with Crippen LogP contribution in [0.25, 0.3) is 11.0 Å². The number of carboxylic acids is 1. The molecule has 3 fully saturated rings. The van der Waals surface area contributed by atoms with Crippen molar-refractivity contribution >= 4 is 57.6 Å². The summed E-state index contributed by atoms with van der Waals surface area (Å²) in [6, 6.07) is 7.63. The Balaban J connectivity index is 0.888. The van der Waals surface area contributed by atoms with E-state index in [1.54, 1.807) is 19.3 Å². The van der Waals surface area contributed by atoms with Crippen molar-refractivity contribution in [1.29, 1.82) is 5.26 Å². The fourth-order valence-corrected chi connectivity index (χ4v) is 8.40. The van der Waals surface area contributed by atoms with Crippen molar-refractivity contribution in [3.63, 3.8) is 0 Å². The number of urea groups is 1. The highest BCUT2D eigenvalue weighted by atomic mass is 32.1. The predicted molar refractivity (Wildman–Crippen MR) is 215 cm³/mol. The number of likely N-dealkylation sites (tertiary alicyclic amines) is 1. The molecule has 2 aliphatic heterocycles. The number of carboxylic acid groups (broad SMARTS) is 1. The summed E-state index contributed by atoms with van der Waals surface area (Å²) in [5.74, 6) is -0.378. The molecule has 1 saturated carbocycles. The molecule has 23 nitrogen and oxygen atoms in total. The third-order valence-corrected chi connectivity index (χ3v) is 12.0. The van der Waals surface area contributed by atoms with E-state index in [1.807, 2.05) is 18.0 Å². The molecule has 7 rings (SSSR count). The summed E-state index contributed by atoms with van der Waals surface area (Å²) in [5, 5.41) is 53.1. The quantitative estimate of drug-likeness (QED) is 0.133. The summed E-state index contributed by atoms with van der Waals surface area (Å²) in [4.78, 5) is 70.6. The second kappa shape index (κ2) is 18.3. The average molecular weight is 880 g/mol. The van der Waals surface area contributed by atoms with Gasteiger partial charge in [-0.25, -0.2) is 29.1 Å². The second-order valence-corrected chi connectivity index (χ2v) is 16.0. The van der Waals surface area contributed by atoms with Gasteiger partial charge in [0, 0.05) is 71.1 Å². The number of rotatable bonds is 12. The van der Waals surface area contributed by atoms with E-state index in [0.29, 0.717) is 52.5 Å². The fraction of sp³-hybridized carbons (Fsp3) is 0.500. The third-order valence-electron chi connectivity index (χ3n) is 11.4. The molecule has 24 heteroatoms. The van der Waals surface area contributed by atoms with Gasteiger partial charge in [0.2, 0.25) is 11.4 Å². The molecule has 0 bridgehead atoms. The van der Waals surface area contributed by atoms with Gasteiger partial charge in [-0.05, 0) is 48.4 Å². The number of nitrogens with one attached hydrogen (secondary N) is 1. The summed E-state index contributed by atoms with van der Waals surface area (Å²) in [6.45, 7) is 1.26. The molecule has 1 aromatic carbocycles. The van der Waals surface area contributed by atoms with E-state index in [0.717, 1.165) is 24.4 Å². The monoisotopic (exact) mass is 879 g/mol. The maximum Gasteiger partial charge on any atom is 0.409 e. The first-order valence-electron chi connectivity index (χ1n) is 19.4. The van der Waals surface area contributed by atoms with Crippen LogP contribution in [0, 0.1) is 23.2 Å². The standard InChI is InChI=1S/C38H45N11O12S/c1-45(9-10-46(2)38(57)59-17-19-5-6-25(20(11-19)14-39)60-33-28(52)26(50)27(51)29(61-33)32(53)54)37(56)49-8-7-24-30(40-18-41-31(24)49)47(3)23-12-21-15-48(16-22(21)13-23)36(55)43-35-42-34(58-4)44-62-35/h5-8,11,18,21-23,26-29,33,50-52H,9-10,12-13,15-17H2,1-4H3,(H,53,54)(H,42,43,44,55)/t21-,22+,23?,26-,27-,28+,29-,33+/m0/s1. The number of hydrogen-bond acceptors (Lipinski definition) is 18. The van der Waals surface area contributed by atoms with Crippen LogP contribution in [0.5, 0.6) is 11.8 Å². The van der Waals surface area contributed by atoms with E-state index in [-0.39, 0.29) is 55.1 Å². The molecule has 62 heavy (non-hydrogen) atoms. The minimum absolute atomic E-state index is 0.0685. The molecule has 330 valence electrons. The zero-order valence-corrected chi connectivity index (χ0v) is 34.8. The first-order chi connectivity index (χ1) is 29.7. The largest absolute Gasteiger partial charge is 0.479 e. The fourth-order valence-electron chi connectivity index (χ4n) is 7.87. The third kappa shape index (κ3) is 8.97. The van der Waals surface area contributed by atoms with Crippen molar-refractivity contribution in [3.8, 4) is 17.8 Å². The molecule has 3 aromatic heterocycles. The lowest BCUT2D eigenvalue weighted by Gasteiger charge is -2.38. The van der Waals surface area contributed by atoms with Crippen molar-refractivity contribution in [3.05, 3.63) is 47.9 Å². The van der Waals surface area contributed by atoms with Crippen LogP contribution in [0.15, 0.2) is 36.8 Å². The Morgan fingerprint density at radius 1 is 1.02 bits per heavy atom. The number of fused-ring (bicyclic) bond motifs is 2. The molecule has 5 N–H and O–H groups in total. The van der Waals surface area contributed by atoms with Crippen LogP contribution in [-0.2, 0) is 20.9 Å². The van der Waals surface area contributed by atoms with E-state index in [4.69, 9.17) is 18.9 Å². The van der Waals surface area contributed by atoms with Crippen LogP contribution in [0.4, 0.5) is 25.3 Å². The zero-order valence-electron chi connectivity index (χ0n) is 34.0. The van der Waals surface area contributed by atoms with Crippen LogP contribution < -0.4 is 19.7 Å². The van der Waals surface area contributed by atoms with Gasteiger partial charge in [-0.15, -0.1) is 4.37 Å². The Bertz CT molecular complexity index is 2340. The molecule has 2 saturated heterocycles. The maximum absolute atomic E-state index is 13.6. The van der Waals surface area contributed by atoms with Crippen molar-refractivity contribution in [2.75, 3.05) is 64.6 Å². The Morgan fingerprint density at radius 3 is 2.42 bits per heavy atom. The van der Waals surface area contributed by atoms with Crippen molar-refractivity contribution < 1.29 is 58.6 Å². The normalized spacial score (nSPS) is 24.2. The molecule has 0 spiro atoms. The highest BCUT2D eigenvalue weighted by Gasteiger charge is 2.48. The van der Waals surface area contributed by atoms with Gasteiger partial charge in [-0.3, -0.25) is 9.88 Å². The molecule has 3 aliphatic rings. The van der Waals surface area contributed by atoms with Gasteiger partial charge in [0.1, 0.15) is 48.9 Å². The maximum atomic E-state index is 13.6. The van der Waals surface area contributed by atoms with Gasteiger partial charge in [0.05, 0.1) is 18.1 Å². The van der Waals surface area contributed by atoms with Crippen molar-refractivity contribution in [2.45, 2.75) is 56.2 Å². The minimum Gasteiger partial charge on any atom is -0.479 e. The Morgan fingerprint density at radius 2 is 1.74 bits per heavy atom. The van der Waals surface area contributed by atoms with Crippen LogP contribution in [0.3, 0.4) is 0 Å². The molecule has 0 radical (unpaired) electrons. The Labute approximate surface area is 357 Å². The van der Waals surface area contributed by atoms with E-state index in [9.17, 15) is 44.9 Å². The van der Waals surface area contributed by atoms with E-state index >= 15 is 0 Å². The molecule has 5 heterocycles. The Kier molecular flexibility index (Phi) is 12.9. The molecule has 1 unspecified atom stereocenters. The van der Waals surface area contributed by atoms with Crippen molar-refractivity contribution in [2.24, 2.45) is 11.8 Å². The highest BCUT2D eigenvalue weighted by molar-refractivity contribution is 7.10. The first kappa shape index (κ1) is 43.7. The smallest absolute Gasteiger partial charge is 0.409 e. The summed E-state index contributed by atoms with van der Waals surface area (Å²) >= 11 is 1.06. The molecular formula is C38H45N11O12S. The lowest BCUT2D eigenvalue weighted by Crippen LogP contribution is -2.61. The van der Waals surface area contributed by atoms with Crippen molar-refractivity contribution in [1.82, 2.24) is 38.6 Å². The number of methoxy groups -OCH3 is 1. The number of anilines is 2. The number of nitriles is 1. The van der Waals surface area contributed by atoms with Crippen LogP contribution in [-0.4, -0.2) is 174 Å². The molecule has 4 aromatic rings.